The first-order valence-corrected chi connectivity index (χ1v) is 13.7. The Morgan fingerprint density at radius 1 is 1.02 bits per heavy atom. The molecule has 0 spiro atoms. The Labute approximate surface area is 243 Å². The van der Waals surface area contributed by atoms with E-state index in [1.807, 2.05) is 36.6 Å². The molecule has 7 nitrogen and oxygen atoms in total. The maximum absolute atomic E-state index is 15.3. The lowest BCUT2D eigenvalue weighted by molar-refractivity contribution is -0.122. The Hall–Kier alpha value is -3.69. The second-order valence-electron chi connectivity index (χ2n) is 10.2. The molecule has 0 saturated heterocycles. The van der Waals surface area contributed by atoms with Crippen LogP contribution in [-0.2, 0) is 9.59 Å². The largest absolute Gasteiger partial charge is 0.494 e. The lowest BCUT2D eigenvalue weighted by Gasteiger charge is -2.17. The van der Waals surface area contributed by atoms with Crippen molar-refractivity contribution in [1.82, 2.24) is 14.8 Å². The van der Waals surface area contributed by atoms with Crippen LogP contribution >= 0.6 is 12.4 Å². The molecule has 10 heteroatoms. The van der Waals surface area contributed by atoms with Crippen LogP contribution < -0.4 is 10.1 Å². The van der Waals surface area contributed by atoms with Gasteiger partial charge in [0, 0.05) is 34.1 Å². The van der Waals surface area contributed by atoms with Crippen molar-refractivity contribution >= 4 is 57.2 Å². The molecule has 1 aliphatic heterocycles. The zero-order valence-electron chi connectivity index (χ0n) is 23.6. The monoisotopic (exact) mass is 585 g/mol. The molecule has 0 aliphatic carbocycles. The third-order valence-corrected chi connectivity index (χ3v) is 7.48. The number of halogens is 3. The Kier molecular flexibility index (Phi) is 9.19. The fraction of sp³-hybridized carbons (Fsp3) is 0.355. The van der Waals surface area contributed by atoms with Crippen LogP contribution in [0.4, 0.5) is 8.78 Å². The summed E-state index contributed by atoms with van der Waals surface area (Å²) in [7, 11) is 0. The first-order chi connectivity index (χ1) is 19.2. The van der Waals surface area contributed by atoms with Gasteiger partial charge >= 0.3 is 0 Å². The Morgan fingerprint density at radius 3 is 2.46 bits per heavy atom. The van der Waals surface area contributed by atoms with Gasteiger partial charge in [-0.2, -0.15) is 0 Å². The molecule has 4 aromatic rings. The summed E-state index contributed by atoms with van der Waals surface area (Å²) in [6.45, 7) is 11.9. The fourth-order valence-corrected chi connectivity index (χ4v) is 5.35. The summed E-state index contributed by atoms with van der Waals surface area (Å²) in [5.74, 6) is -3.26. The van der Waals surface area contributed by atoms with E-state index in [1.54, 1.807) is 6.20 Å². The van der Waals surface area contributed by atoms with Crippen LogP contribution in [0.25, 0.3) is 33.0 Å². The molecule has 0 atom stereocenters. The third-order valence-electron chi connectivity index (χ3n) is 7.48. The Balaban J connectivity index is 0.00000387. The number of unbranched alkanes of at least 4 members (excludes halogenated alkanes) is 1. The van der Waals surface area contributed by atoms with E-state index < -0.39 is 23.4 Å². The van der Waals surface area contributed by atoms with Crippen LogP contribution in [-0.4, -0.2) is 47.5 Å². The lowest BCUT2D eigenvalue weighted by atomic mass is 9.94. The highest BCUT2D eigenvalue weighted by molar-refractivity contribution is 6.50. The second-order valence-corrected chi connectivity index (χ2v) is 10.2. The van der Waals surface area contributed by atoms with Crippen LogP contribution in [0.3, 0.4) is 0 Å². The van der Waals surface area contributed by atoms with Crippen molar-refractivity contribution in [3.63, 3.8) is 0 Å². The van der Waals surface area contributed by atoms with Gasteiger partial charge in [-0.1, -0.05) is 13.8 Å². The Bertz CT molecular complexity index is 1640. The molecule has 218 valence electrons. The van der Waals surface area contributed by atoms with E-state index in [0.717, 1.165) is 44.1 Å². The average molecular weight is 586 g/mol. The topological polar surface area (TPSA) is 76.7 Å². The van der Waals surface area contributed by atoms with Crippen molar-refractivity contribution < 1.29 is 27.5 Å². The zero-order valence-corrected chi connectivity index (χ0v) is 24.4. The number of furan rings is 1. The summed E-state index contributed by atoms with van der Waals surface area (Å²) in [5.41, 5.74) is 0.584. The van der Waals surface area contributed by atoms with Crippen molar-refractivity contribution in [3.8, 4) is 5.75 Å². The van der Waals surface area contributed by atoms with Crippen molar-refractivity contribution in [2.24, 2.45) is 0 Å². The number of carbonyl (C=O) groups excluding carboxylic acids is 2. The number of aromatic nitrogens is 1. The zero-order chi connectivity index (χ0) is 28.6. The molecular formula is C31H34ClF2N3O4. The predicted octanol–water partition coefficient (Wildman–Crippen LogP) is 6.74. The summed E-state index contributed by atoms with van der Waals surface area (Å²) >= 11 is 0. The summed E-state index contributed by atoms with van der Waals surface area (Å²) in [6, 6.07) is 8.12. The lowest BCUT2D eigenvalue weighted by Crippen LogP contribution is -2.24. The van der Waals surface area contributed by atoms with E-state index in [9.17, 15) is 14.0 Å². The highest BCUT2D eigenvalue weighted by Gasteiger charge is 2.37. The number of benzene rings is 2. The number of hydrogen-bond acceptors (Lipinski definition) is 5. The molecule has 0 radical (unpaired) electrons. The van der Waals surface area contributed by atoms with Crippen LogP contribution in [0.1, 0.15) is 57.7 Å². The summed E-state index contributed by atoms with van der Waals surface area (Å²) in [6.07, 6.45) is 4.96. The molecule has 0 fully saturated rings. The van der Waals surface area contributed by atoms with Crippen LogP contribution in [0.5, 0.6) is 5.75 Å². The van der Waals surface area contributed by atoms with Gasteiger partial charge in [0.1, 0.15) is 11.3 Å². The minimum Gasteiger partial charge on any atom is -0.494 e. The highest BCUT2D eigenvalue weighted by atomic mass is 35.5. The summed E-state index contributed by atoms with van der Waals surface area (Å²) in [5, 5.41) is 3.23. The standard InChI is InChI=1S/C31H33F2N3O4.ClH/c1-5-35(6-2)12-7-8-13-39-20-9-10-24-21(16-20)22(17-36(24)18(3)4)25-26(31(38)34-30(25)37)27-28(33)23(32)15-19-11-14-40-29(19)27;/h9-11,14-18H,5-8,12-13H2,1-4H3,(H,34,37,38);1H. The van der Waals surface area contributed by atoms with E-state index in [4.69, 9.17) is 9.15 Å². The minimum absolute atomic E-state index is 0. The van der Waals surface area contributed by atoms with E-state index in [1.165, 1.54) is 12.3 Å². The number of imide groups is 1. The van der Waals surface area contributed by atoms with Gasteiger partial charge in [-0.3, -0.25) is 14.9 Å². The van der Waals surface area contributed by atoms with Crippen molar-refractivity contribution in [3.05, 3.63) is 65.6 Å². The molecule has 5 rings (SSSR count). The minimum atomic E-state index is -1.25. The van der Waals surface area contributed by atoms with E-state index >= 15 is 4.39 Å². The number of fused-ring (bicyclic) bond motifs is 2. The van der Waals surface area contributed by atoms with Gasteiger partial charge < -0.3 is 18.6 Å². The van der Waals surface area contributed by atoms with E-state index in [0.29, 0.717) is 23.3 Å². The SMILES string of the molecule is CCN(CC)CCCCOc1ccc2c(c1)c(C1=C(c3c(F)c(F)cc4ccoc34)C(=O)NC1=O)cn2C(C)C.Cl. The molecule has 0 bridgehead atoms. The molecule has 2 aromatic heterocycles. The van der Waals surface area contributed by atoms with Gasteiger partial charge in [-0.15, -0.1) is 12.4 Å². The van der Waals surface area contributed by atoms with Gasteiger partial charge in [0.05, 0.1) is 29.6 Å². The fourth-order valence-electron chi connectivity index (χ4n) is 5.35. The molecule has 2 amide bonds. The van der Waals surface area contributed by atoms with Crippen LogP contribution in [0, 0.1) is 11.6 Å². The van der Waals surface area contributed by atoms with E-state index in [2.05, 4.69) is 24.1 Å². The van der Waals surface area contributed by atoms with Crippen molar-refractivity contribution in [2.45, 2.75) is 46.6 Å². The molecule has 0 unspecified atom stereocenters. The molecule has 2 aromatic carbocycles. The normalized spacial score (nSPS) is 13.7. The quantitative estimate of drug-likeness (QED) is 0.156. The third kappa shape index (κ3) is 5.61. The second kappa shape index (κ2) is 12.4. The number of ether oxygens (including phenoxy) is 1. The van der Waals surface area contributed by atoms with Crippen LogP contribution in [0.15, 0.2) is 47.2 Å². The van der Waals surface area contributed by atoms with Crippen molar-refractivity contribution in [1.29, 1.82) is 0 Å². The molecule has 1 N–H and O–H groups in total. The van der Waals surface area contributed by atoms with Gasteiger partial charge in [-0.25, -0.2) is 8.78 Å². The molecule has 1 aliphatic rings. The van der Waals surface area contributed by atoms with E-state index in [-0.39, 0.29) is 46.1 Å². The first kappa shape index (κ1) is 30.3. The average Bonchev–Trinajstić information content (AvgIpc) is 3.62. The predicted molar refractivity (Wildman–Crippen MR) is 158 cm³/mol. The molecule has 3 heterocycles. The number of amides is 2. The maximum Gasteiger partial charge on any atom is 0.259 e. The number of rotatable bonds is 11. The Morgan fingerprint density at radius 2 is 1.76 bits per heavy atom. The van der Waals surface area contributed by atoms with Gasteiger partial charge in [-0.05, 0) is 76.7 Å². The summed E-state index contributed by atoms with van der Waals surface area (Å²) < 4.78 is 43.3. The van der Waals surface area contributed by atoms with Gasteiger partial charge in [0.2, 0.25) is 0 Å². The number of carbonyl (C=O) groups is 2. The van der Waals surface area contributed by atoms with Crippen molar-refractivity contribution in [2.75, 3.05) is 26.2 Å². The number of nitrogens with zero attached hydrogens (tertiary/aromatic N) is 2. The molecular weight excluding hydrogens is 552 g/mol. The molecule has 0 saturated carbocycles. The number of nitrogens with one attached hydrogen (secondary N) is 1. The van der Waals surface area contributed by atoms with Gasteiger partial charge in [0.25, 0.3) is 11.8 Å². The molecule has 41 heavy (non-hydrogen) atoms. The number of hydrogen-bond donors (Lipinski definition) is 1. The summed E-state index contributed by atoms with van der Waals surface area (Å²) in [4.78, 5) is 28.7. The van der Waals surface area contributed by atoms with Gasteiger partial charge in [0.15, 0.2) is 11.6 Å². The highest BCUT2D eigenvalue weighted by Crippen LogP contribution is 2.41. The van der Waals surface area contributed by atoms with Crippen LogP contribution in [0.2, 0.25) is 0 Å². The first-order valence-electron chi connectivity index (χ1n) is 13.7. The maximum atomic E-state index is 15.3. The smallest absolute Gasteiger partial charge is 0.259 e.